The Bertz CT molecular complexity index is 75.1. The smallest absolute Gasteiger partial charge is 0.0621 e. The Labute approximate surface area is 55.3 Å². The Morgan fingerprint density at radius 3 is 2.50 bits per heavy atom. The molecule has 0 aliphatic rings. The molecule has 0 N–H and O–H groups in total. The van der Waals surface area contributed by atoms with Crippen molar-refractivity contribution in [2.75, 3.05) is 5.88 Å². The maximum Gasteiger partial charge on any atom is 0.0621 e. The van der Waals surface area contributed by atoms with Crippen LogP contribution in [0.2, 0.25) is 0 Å². The molecule has 0 fully saturated rings. The Hall–Kier alpha value is -0.220. The van der Waals surface area contributed by atoms with Crippen LogP contribution in [0, 0.1) is 11.3 Å². The minimum absolute atomic E-state index is 0.677. The molecule has 0 aliphatic carbocycles. The van der Waals surface area contributed by atoms with Crippen LogP contribution in [0.3, 0.4) is 0 Å². The van der Waals surface area contributed by atoms with Gasteiger partial charge >= 0.3 is 0 Å². The van der Waals surface area contributed by atoms with Gasteiger partial charge in [0.15, 0.2) is 0 Å². The highest BCUT2D eigenvalue weighted by Gasteiger charge is 1.84. The monoisotopic (exact) mass is 131 g/mol. The van der Waals surface area contributed by atoms with E-state index >= 15 is 0 Å². The molecule has 0 spiro atoms. The van der Waals surface area contributed by atoms with E-state index in [4.69, 9.17) is 16.9 Å². The molecule has 0 heterocycles. The number of alkyl halides is 1. The highest BCUT2D eigenvalue weighted by atomic mass is 35.5. The largest absolute Gasteiger partial charge is 0.198 e. The molecule has 8 heavy (non-hydrogen) atoms. The van der Waals surface area contributed by atoms with Crippen molar-refractivity contribution in [1.82, 2.24) is 0 Å². The molecule has 0 aliphatic heterocycles. The Morgan fingerprint density at radius 1 is 1.25 bits per heavy atom. The van der Waals surface area contributed by atoms with E-state index in [0.29, 0.717) is 6.42 Å². The van der Waals surface area contributed by atoms with Crippen molar-refractivity contribution in [1.29, 1.82) is 5.26 Å². The van der Waals surface area contributed by atoms with Gasteiger partial charge in [-0.15, -0.1) is 11.6 Å². The molecular weight excluding hydrogens is 122 g/mol. The van der Waals surface area contributed by atoms with E-state index in [9.17, 15) is 0 Å². The number of hydrogen-bond donors (Lipinski definition) is 0. The third kappa shape index (κ3) is 5.78. The second-order valence-corrected chi connectivity index (χ2v) is 2.04. The van der Waals surface area contributed by atoms with Crippen molar-refractivity contribution in [3.63, 3.8) is 0 Å². The van der Waals surface area contributed by atoms with Crippen molar-refractivity contribution in [2.24, 2.45) is 0 Å². The highest BCUT2D eigenvalue weighted by molar-refractivity contribution is 6.17. The zero-order valence-electron chi connectivity index (χ0n) is 4.86. The van der Waals surface area contributed by atoms with E-state index < -0.39 is 0 Å². The van der Waals surface area contributed by atoms with Crippen LogP contribution in [-0.2, 0) is 0 Å². The Morgan fingerprint density at radius 2 is 2.00 bits per heavy atom. The van der Waals surface area contributed by atoms with E-state index in [2.05, 4.69) is 6.07 Å². The number of rotatable bonds is 4. The summed E-state index contributed by atoms with van der Waals surface area (Å²) in [5.74, 6) is 0.728. The summed E-state index contributed by atoms with van der Waals surface area (Å²) in [4.78, 5) is 0. The zero-order valence-corrected chi connectivity index (χ0v) is 5.62. The van der Waals surface area contributed by atoms with E-state index in [-0.39, 0.29) is 0 Å². The highest BCUT2D eigenvalue weighted by Crippen LogP contribution is 1.98. The molecule has 0 saturated heterocycles. The quantitative estimate of drug-likeness (QED) is 0.424. The third-order valence-corrected chi connectivity index (χ3v) is 1.19. The lowest BCUT2D eigenvalue weighted by atomic mass is 10.2. The molecule has 1 nitrogen and oxygen atoms in total. The molecule has 2 heteroatoms. The van der Waals surface area contributed by atoms with Crippen LogP contribution >= 0.6 is 11.6 Å². The zero-order chi connectivity index (χ0) is 6.24. The minimum Gasteiger partial charge on any atom is -0.198 e. The van der Waals surface area contributed by atoms with Gasteiger partial charge in [0.25, 0.3) is 0 Å². The number of halogens is 1. The normalized spacial score (nSPS) is 8.50. The molecule has 0 bridgehead atoms. The molecule has 0 atom stereocenters. The van der Waals surface area contributed by atoms with Gasteiger partial charge in [-0.1, -0.05) is 6.42 Å². The summed E-state index contributed by atoms with van der Waals surface area (Å²) in [5, 5.41) is 8.08. The van der Waals surface area contributed by atoms with Crippen LogP contribution in [0.5, 0.6) is 0 Å². The number of unbranched alkanes of at least 4 members (excludes halogenated alkanes) is 3. The fourth-order valence-corrected chi connectivity index (χ4v) is 0.664. The SMILES string of the molecule is N#CCCCCCCl. The summed E-state index contributed by atoms with van der Waals surface area (Å²) in [6.45, 7) is 0. The Balaban J connectivity index is 2.65. The van der Waals surface area contributed by atoms with Gasteiger partial charge in [0, 0.05) is 12.3 Å². The first kappa shape index (κ1) is 7.78. The van der Waals surface area contributed by atoms with Gasteiger partial charge in [0.1, 0.15) is 0 Å². The maximum absolute atomic E-state index is 8.08. The molecule has 46 valence electrons. The van der Waals surface area contributed by atoms with Gasteiger partial charge in [0.2, 0.25) is 0 Å². The third-order valence-electron chi connectivity index (χ3n) is 0.922. The first-order chi connectivity index (χ1) is 3.91. The first-order valence-electron chi connectivity index (χ1n) is 2.84. The molecule has 0 radical (unpaired) electrons. The molecule has 0 aromatic carbocycles. The van der Waals surface area contributed by atoms with Gasteiger partial charge in [-0.3, -0.25) is 0 Å². The summed E-state index contributed by atoms with van der Waals surface area (Å²) < 4.78 is 0. The summed E-state index contributed by atoms with van der Waals surface area (Å²) in [7, 11) is 0. The molecule has 0 aromatic heterocycles. The summed E-state index contributed by atoms with van der Waals surface area (Å²) in [6.07, 6.45) is 3.82. The van der Waals surface area contributed by atoms with Crippen molar-refractivity contribution in [2.45, 2.75) is 25.7 Å². The van der Waals surface area contributed by atoms with Crippen LogP contribution in [-0.4, -0.2) is 5.88 Å². The predicted octanol–water partition coefficient (Wildman–Crippen LogP) is 2.31. The molecule has 0 saturated carbocycles. The van der Waals surface area contributed by atoms with Crippen LogP contribution in [0.15, 0.2) is 0 Å². The average molecular weight is 132 g/mol. The maximum atomic E-state index is 8.08. The predicted molar refractivity (Wildman–Crippen MR) is 34.8 cm³/mol. The van der Waals surface area contributed by atoms with Gasteiger partial charge in [-0.2, -0.15) is 5.26 Å². The van der Waals surface area contributed by atoms with Gasteiger partial charge in [-0.25, -0.2) is 0 Å². The van der Waals surface area contributed by atoms with Crippen LogP contribution in [0.4, 0.5) is 0 Å². The number of hydrogen-bond acceptors (Lipinski definition) is 1. The van der Waals surface area contributed by atoms with Crippen molar-refractivity contribution < 1.29 is 0 Å². The minimum atomic E-state index is 0.677. The van der Waals surface area contributed by atoms with E-state index in [1.54, 1.807) is 0 Å². The van der Waals surface area contributed by atoms with Crippen LogP contribution < -0.4 is 0 Å². The average Bonchev–Trinajstić information content (AvgIpc) is 1.81. The lowest BCUT2D eigenvalue weighted by Gasteiger charge is -1.88. The fourth-order valence-electron chi connectivity index (χ4n) is 0.475. The van der Waals surface area contributed by atoms with E-state index in [1.165, 1.54) is 0 Å². The van der Waals surface area contributed by atoms with Gasteiger partial charge in [-0.05, 0) is 12.8 Å². The van der Waals surface area contributed by atoms with Gasteiger partial charge < -0.3 is 0 Å². The standard InChI is InChI=1S/C6H10ClN/c7-5-3-1-2-4-6-8/h1-5H2. The van der Waals surface area contributed by atoms with Gasteiger partial charge in [0.05, 0.1) is 6.07 Å². The number of nitriles is 1. The topological polar surface area (TPSA) is 23.8 Å². The molecule has 0 amide bonds. The Kier molecular flexibility index (Phi) is 6.59. The van der Waals surface area contributed by atoms with Crippen LogP contribution in [0.1, 0.15) is 25.7 Å². The molecule has 0 aromatic rings. The lowest BCUT2D eigenvalue weighted by molar-refractivity contribution is 0.737. The summed E-state index contributed by atoms with van der Waals surface area (Å²) in [6, 6.07) is 2.08. The van der Waals surface area contributed by atoms with E-state index in [1.807, 2.05) is 0 Å². The molecular formula is C6H10ClN. The van der Waals surface area contributed by atoms with E-state index in [0.717, 1.165) is 25.1 Å². The summed E-state index contributed by atoms with van der Waals surface area (Å²) >= 11 is 5.40. The molecule has 0 rings (SSSR count). The first-order valence-corrected chi connectivity index (χ1v) is 3.38. The lowest BCUT2D eigenvalue weighted by Crippen LogP contribution is -1.75. The second-order valence-electron chi connectivity index (χ2n) is 1.66. The van der Waals surface area contributed by atoms with Crippen LogP contribution in [0.25, 0.3) is 0 Å². The second kappa shape index (κ2) is 6.78. The van der Waals surface area contributed by atoms with Crippen molar-refractivity contribution in [3.8, 4) is 6.07 Å². The number of nitrogens with zero attached hydrogens (tertiary/aromatic N) is 1. The fraction of sp³-hybridized carbons (Fsp3) is 0.833. The van der Waals surface area contributed by atoms with Crippen molar-refractivity contribution in [3.05, 3.63) is 0 Å². The van der Waals surface area contributed by atoms with Crippen molar-refractivity contribution >= 4 is 11.6 Å². The molecule has 0 unspecified atom stereocenters. The summed E-state index contributed by atoms with van der Waals surface area (Å²) in [5.41, 5.74) is 0.